The summed E-state index contributed by atoms with van der Waals surface area (Å²) in [5.74, 6) is 0.625. The van der Waals surface area contributed by atoms with Gasteiger partial charge in [0.2, 0.25) is 5.91 Å². The Morgan fingerprint density at radius 1 is 1.40 bits per heavy atom. The van der Waals surface area contributed by atoms with Crippen molar-refractivity contribution in [1.82, 2.24) is 4.98 Å². The van der Waals surface area contributed by atoms with Gasteiger partial charge in [-0.1, -0.05) is 26.3 Å². The van der Waals surface area contributed by atoms with E-state index in [2.05, 4.69) is 31.1 Å². The van der Waals surface area contributed by atoms with Gasteiger partial charge in [-0.05, 0) is 44.4 Å². The van der Waals surface area contributed by atoms with Crippen LogP contribution in [0.2, 0.25) is 0 Å². The maximum Gasteiger partial charge on any atom is 0.250 e. The predicted octanol–water partition coefficient (Wildman–Crippen LogP) is 4.20. The molecule has 1 aromatic heterocycles. The number of thiazole rings is 1. The summed E-state index contributed by atoms with van der Waals surface area (Å²) < 4.78 is 0. The molecule has 1 aliphatic rings. The molecular formula is C16H24N2OS. The van der Waals surface area contributed by atoms with E-state index < -0.39 is 0 Å². The smallest absolute Gasteiger partial charge is 0.250 e. The van der Waals surface area contributed by atoms with E-state index in [0.717, 1.165) is 23.5 Å². The van der Waals surface area contributed by atoms with E-state index in [4.69, 9.17) is 0 Å². The van der Waals surface area contributed by atoms with Crippen LogP contribution in [0.5, 0.6) is 0 Å². The Morgan fingerprint density at radius 2 is 2.10 bits per heavy atom. The van der Waals surface area contributed by atoms with Crippen LogP contribution in [0.15, 0.2) is 11.6 Å². The Labute approximate surface area is 125 Å². The van der Waals surface area contributed by atoms with Gasteiger partial charge in [0.15, 0.2) is 5.13 Å². The van der Waals surface area contributed by atoms with Gasteiger partial charge in [-0.2, -0.15) is 0 Å². The summed E-state index contributed by atoms with van der Waals surface area (Å²) in [4.78, 5) is 17.7. The van der Waals surface area contributed by atoms with Crippen molar-refractivity contribution in [3.63, 3.8) is 0 Å². The minimum Gasteiger partial charge on any atom is -0.298 e. The lowest BCUT2D eigenvalue weighted by Gasteiger charge is -2.33. The fraction of sp³-hybridized carbons (Fsp3) is 0.625. The summed E-state index contributed by atoms with van der Waals surface area (Å²) in [7, 11) is 0. The third-order valence-electron chi connectivity index (χ3n) is 3.81. The number of amides is 1. The Bertz CT molecular complexity index is 533. The molecule has 3 nitrogen and oxygen atoms in total. The molecule has 110 valence electrons. The fourth-order valence-corrected chi connectivity index (χ4v) is 3.66. The normalized spacial score (nSPS) is 18.4. The fourth-order valence-electron chi connectivity index (χ4n) is 2.57. The number of carbonyl (C=O) groups is 1. The highest BCUT2D eigenvalue weighted by molar-refractivity contribution is 7.15. The van der Waals surface area contributed by atoms with Gasteiger partial charge in [0, 0.05) is 11.0 Å². The Kier molecular flexibility index (Phi) is 4.33. The van der Waals surface area contributed by atoms with Crippen LogP contribution in [0.1, 0.15) is 51.6 Å². The number of aryl methyl sites for hydroxylation is 1. The van der Waals surface area contributed by atoms with Crippen LogP contribution in [-0.2, 0) is 17.6 Å². The van der Waals surface area contributed by atoms with E-state index in [-0.39, 0.29) is 5.91 Å². The average molecular weight is 292 g/mol. The lowest BCUT2D eigenvalue weighted by molar-refractivity contribution is -0.111. The van der Waals surface area contributed by atoms with Crippen LogP contribution < -0.4 is 5.32 Å². The van der Waals surface area contributed by atoms with Crippen molar-refractivity contribution in [1.29, 1.82) is 0 Å². The minimum absolute atomic E-state index is 0.0801. The molecule has 0 bridgehead atoms. The van der Waals surface area contributed by atoms with Crippen molar-refractivity contribution in [3.05, 3.63) is 22.2 Å². The van der Waals surface area contributed by atoms with E-state index in [1.807, 2.05) is 13.8 Å². The summed E-state index contributed by atoms with van der Waals surface area (Å²) in [6, 6.07) is 0. The second kappa shape index (κ2) is 5.68. The Hall–Kier alpha value is -1.16. The van der Waals surface area contributed by atoms with Gasteiger partial charge in [-0.15, -0.1) is 11.3 Å². The molecule has 1 atom stereocenters. The molecule has 4 heteroatoms. The zero-order valence-electron chi connectivity index (χ0n) is 13.0. The first-order valence-corrected chi connectivity index (χ1v) is 8.02. The quantitative estimate of drug-likeness (QED) is 0.830. The number of carbonyl (C=O) groups excluding carboxylic acids is 1. The van der Waals surface area contributed by atoms with E-state index in [1.165, 1.54) is 17.0 Å². The van der Waals surface area contributed by atoms with E-state index in [0.29, 0.717) is 11.3 Å². The molecule has 1 aromatic rings. The molecule has 2 rings (SSSR count). The van der Waals surface area contributed by atoms with Crippen molar-refractivity contribution in [2.24, 2.45) is 11.3 Å². The number of nitrogens with one attached hydrogen (secondary N) is 1. The zero-order chi connectivity index (χ0) is 14.9. The lowest BCUT2D eigenvalue weighted by Crippen LogP contribution is -2.26. The number of hydrogen-bond acceptors (Lipinski definition) is 3. The molecule has 1 aliphatic carbocycles. The first-order chi connectivity index (χ1) is 9.25. The number of hydrogen-bond donors (Lipinski definition) is 1. The largest absolute Gasteiger partial charge is 0.298 e. The number of anilines is 1. The number of allylic oxidation sites excluding steroid dienone is 1. The van der Waals surface area contributed by atoms with Gasteiger partial charge < -0.3 is 0 Å². The molecule has 0 saturated heterocycles. The summed E-state index contributed by atoms with van der Waals surface area (Å²) in [5.41, 5.74) is 2.52. The van der Waals surface area contributed by atoms with E-state index in [1.54, 1.807) is 17.4 Å². The molecule has 1 heterocycles. The highest BCUT2D eigenvalue weighted by atomic mass is 32.1. The third-order valence-corrected chi connectivity index (χ3v) is 4.85. The zero-order valence-corrected chi connectivity index (χ0v) is 13.9. The first kappa shape index (κ1) is 15.2. The third kappa shape index (κ3) is 3.69. The first-order valence-electron chi connectivity index (χ1n) is 7.20. The summed E-state index contributed by atoms with van der Waals surface area (Å²) in [6.07, 6.45) is 4.93. The van der Waals surface area contributed by atoms with Crippen LogP contribution in [-0.4, -0.2) is 10.9 Å². The van der Waals surface area contributed by atoms with Gasteiger partial charge in [-0.3, -0.25) is 10.1 Å². The molecule has 0 aromatic carbocycles. The van der Waals surface area contributed by atoms with E-state index >= 15 is 0 Å². The summed E-state index contributed by atoms with van der Waals surface area (Å²) >= 11 is 1.64. The molecule has 0 saturated carbocycles. The Balaban J connectivity index is 2.09. The van der Waals surface area contributed by atoms with Gasteiger partial charge in [-0.25, -0.2) is 4.98 Å². The molecule has 1 N–H and O–H groups in total. The van der Waals surface area contributed by atoms with Crippen molar-refractivity contribution in [2.45, 2.75) is 53.9 Å². The summed E-state index contributed by atoms with van der Waals surface area (Å²) in [6.45, 7) is 10.8. The number of aromatic nitrogens is 1. The van der Waals surface area contributed by atoms with Crippen molar-refractivity contribution in [3.8, 4) is 0 Å². The Morgan fingerprint density at radius 3 is 2.70 bits per heavy atom. The standard InChI is InChI=1S/C16H24N2OS/c1-10(2)8-14(19)18-15-17-12-7-6-11(16(3,4)5)9-13(12)20-15/h8,11H,6-7,9H2,1-5H3,(H,17,18,19). The molecule has 0 fully saturated rings. The van der Waals surface area contributed by atoms with Gasteiger partial charge in [0.05, 0.1) is 5.69 Å². The van der Waals surface area contributed by atoms with Crippen LogP contribution in [0.25, 0.3) is 0 Å². The summed E-state index contributed by atoms with van der Waals surface area (Å²) in [5, 5.41) is 3.62. The second-order valence-corrected chi connectivity index (χ2v) is 7.99. The van der Waals surface area contributed by atoms with Crippen molar-refractivity contribution >= 4 is 22.4 Å². The number of nitrogens with zero attached hydrogens (tertiary/aromatic N) is 1. The molecular weight excluding hydrogens is 268 g/mol. The average Bonchev–Trinajstić information content (AvgIpc) is 2.66. The number of fused-ring (bicyclic) bond motifs is 1. The SMILES string of the molecule is CC(C)=CC(=O)Nc1nc2c(s1)CC(C(C)(C)C)CC2. The van der Waals surface area contributed by atoms with Crippen molar-refractivity contribution < 1.29 is 4.79 Å². The van der Waals surface area contributed by atoms with Gasteiger partial charge in [0.1, 0.15) is 0 Å². The predicted molar refractivity (Wildman–Crippen MR) is 85.1 cm³/mol. The number of rotatable bonds is 2. The molecule has 0 spiro atoms. The van der Waals surface area contributed by atoms with E-state index in [9.17, 15) is 4.79 Å². The second-order valence-electron chi connectivity index (χ2n) is 6.91. The van der Waals surface area contributed by atoms with Crippen LogP contribution in [0.3, 0.4) is 0 Å². The topological polar surface area (TPSA) is 42.0 Å². The molecule has 0 radical (unpaired) electrons. The highest BCUT2D eigenvalue weighted by Gasteiger charge is 2.30. The van der Waals surface area contributed by atoms with Gasteiger partial charge >= 0.3 is 0 Å². The monoisotopic (exact) mass is 292 g/mol. The van der Waals surface area contributed by atoms with Crippen LogP contribution in [0, 0.1) is 11.3 Å². The maximum atomic E-state index is 11.7. The lowest BCUT2D eigenvalue weighted by atomic mass is 9.73. The maximum absolute atomic E-state index is 11.7. The van der Waals surface area contributed by atoms with Gasteiger partial charge in [0.25, 0.3) is 0 Å². The molecule has 0 aliphatic heterocycles. The molecule has 1 unspecified atom stereocenters. The van der Waals surface area contributed by atoms with Crippen molar-refractivity contribution in [2.75, 3.05) is 5.32 Å². The van der Waals surface area contributed by atoms with Crippen LogP contribution in [0.4, 0.5) is 5.13 Å². The molecule has 1 amide bonds. The molecule has 20 heavy (non-hydrogen) atoms. The highest BCUT2D eigenvalue weighted by Crippen LogP contribution is 2.40. The minimum atomic E-state index is -0.0801. The van der Waals surface area contributed by atoms with Crippen LogP contribution >= 0.6 is 11.3 Å².